The molecule has 0 atom stereocenters. The molecule has 3 nitrogen and oxygen atoms in total. The molecule has 0 aliphatic rings. The fourth-order valence-corrected chi connectivity index (χ4v) is 1.09. The van der Waals surface area contributed by atoms with Crippen molar-refractivity contribution in [1.82, 2.24) is 4.90 Å². The van der Waals surface area contributed by atoms with E-state index in [4.69, 9.17) is 23.2 Å². The van der Waals surface area contributed by atoms with Gasteiger partial charge >= 0.3 is 0 Å². The highest BCUT2D eigenvalue weighted by Crippen LogP contribution is 1.98. The van der Waals surface area contributed by atoms with Crippen molar-refractivity contribution < 1.29 is 9.59 Å². The van der Waals surface area contributed by atoms with Crippen LogP contribution in [0.5, 0.6) is 0 Å². The molecule has 0 saturated carbocycles. The quantitative estimate of drug-likeness (QED) is 0.619. The first-order valence-electron chi connectivity index (χ1n) is 4.15. The van der Waals surface area contributed by atoms with E-state index in [1.165, 1.54) is 0 Å². The van der Waals surface area contributed by atoms with Gasteiger partial charge in [-0.05, 0) is 29.7 Å². The van der Waals surface area contributed by atoms with Crippen molar-refractivity contribution in [3.8, 4) is 0 Å². The van der Waals surface area contributed by atoms with Crippen LogP contribution in [-0.2, 0) is 9.59 Å². The Labute approximate surface area is 88.0 Å². The minimum absolute atomic E-state index is 0.311. The summed E-state index contributed by atoms with van der Waals surface area (Å²) in [5, 5.41) is -0.702. The molecular formula is C8H13Cl2NO2. The van der Waals surface area contributed by atoms with Gasteiger partial charge in [-0.3, -0.25) is 9.59 Å². The standard InChI is InChI=1S/C8H13Cl2NO2/c1-2-11(5-3-7(9)12)6-4-8(10)13/h2-6H2,1H3. The minimum atomic E-state index is -0.351. The topological polar surface area (TPSA) is 37.4 Å². The predicted octanol–water partition coefficient (Wildman–Crippen LogP) is 1.62. The molecule has 5 heteroatoms. The monoisotopic (exact) mass is 225 g/mol. The summed E-state index contributed by atoms with van der Waals surface area (Å²) in [6.07, 6.45) is 0.623. The lowest BCUT2D eigenvalue weighted by molar-refractivity contribution is -0.112. The van der Waals surface area contributed by atoms with Gasteiger partial charge in [0.2, 0.25) is 10.5 Å². The van der Waals surface area contributed by atoms with Crippen LogP contribution < -0.4 is 0 Å². The number of carbonyl (C=O) groups is 2. The Morgan fingerprint density at radius 2 is 1.46 bits per heavy atom. The third-order valence-corrected chi connectivity index (χ3v) is 2.07. The Morgan fingerprint density at radius 3 is 1.69 bits per heavy atom. The molecule has 0 fully saturated rings. The van der Waals surface area contributed by atoms with Gasteiger partial charge in [0.15, 0.2) is 0 Å². The van der Waals surface area contributed by atoms with E-state index in [0.717, 1.165) is 6.54 Å². The first kappa shape index (κ1) is 12.9. The average Bonchev–Trinajstić information content (AvgIpc) is 2.04. The predicted molar refractivity (Wildman–Crippen MR) is 53.1 cm³/mol. The average molecular weight is 226 g/mol. The summed E-state index contributed by atoms with van der Waals surface area (Å²) >= 11 is 10.4. The molecule has 0 aliphatic heterocycles. The van der Waals surface area contributed by atoms with E-state index in [1.807, 2.05) is 11.8 Å². The van der Waals surface area contributed by atoms with Gasteiger partial charge in [0.1, 0.15) is 0 Å². The summed E-state index contributed by atoms with van der Waals surface area (Å²) in [4.78, 5) is 22.9. The zero-order chi connectivity index (χ0) is 10.3. The van der Waals surface area contributed by atoms with Crippen LogP contribution in [0.4, 0.5) is 0 Å². The van der Waals surface area contributed by atoms with Crippen LogP contribution >= 0.6 is 23.2 Å². The van der Waals surface area contributed by atoms with E-state index in [9.17, 15) is 9.59 Å². The summed E-state index contributed by atoms with van der Waals surface area (Å²) in [5.41, 5.74) is 0. The maximum atomic E-state index is 10.4. The Morgan fingerprint density at radius 1 is 1.08 bits per heavy atom. The van der Waals surface area contributed by atoms with E-state index >= 15 is 0 Å². The zero-order valence-electron chi connectivity index (χ0n) is 7.56. The summed E-state index contributed by atoms with van der Waals surface area (Å²) < 4.78 is 0. The molecule has 0 N–H and O–H groups in total. The molecule has 0 amide bonds. The van der Waals surface area contributed by atoms with Crippen LogP contribution in [0.3, 0.4) is 0 Å². The summed E-state index contributed by atoms with van der Waals surface area (Å²) in [6, 6.07) is 0. The lowest BCUT2D eigenvalue weighted by Crippen LogP contribution is -2.27. The van der Waals surface area contributed by atoms with Crippen molar-refractivity contribution in [1.29, 1.82) is 0 Å². The first-order chi connectivity index (χ1) is 6.06. The van der Waals surface area contributed by atoms with Gasteiger partial charge in [-0.1, -0.05) is 6.92 Å². The van der Waals surface area contributed by atoms with Crippen molar-refractivity contribution in [3.63, 3.8) is 0 Å². The van der Waals surface area contributed by atoms with Crippen LogP contribution in [0.25, 0.3) is 0 Å². The summed E-state index contributed by atoms with van der Waals surface area (Å²) in [7, 11) is 0. The van der Waals surface area contributed by atoms with Crippen molar-refractivity contribution in [2.75, 3.05) is 19.6 Å². The number of halogens is 2. The van der Waals surface area contributed by atoms with E-state index in [-0.39, 0.29) is 10.5 Å². The molecule has 0 spiro atoms. The van der Waals surface area contributed by atoms with Gasteiger partial charge in [-0.25, -0.2) is 0 Å². The highest BCUT2D eigenvalue weighted by Gasteiger charge is 2.06. The lowest BCUT2D eigenvalue weighted by atomic mass is 10.3. The summed E-state index contributed by atoms with van der Waals surface area (Å²) in [5.74, 6) is 0. The smallest absolute Gasteiger partial charge is 0.222 e. The SMILES string of the molecule is CCN(CCC(=O)Cl)CCC(=O)Cl. The van der Waals surface area contributed by atoms with Crippen molar-refractivity contribution in [2.45, 2.75) is 19.8 Å². The minimum Gasteiger partial charge on any atom is -0.303 e. The Bertz CT molecular complexity index is 167. The highest BCUT2D eigenvalue weighted by molar-refractivity contribution is 6.63. The normalized spacial score (nSPS) is 10.5. The third-order valence-electron chi connectivity index (χ3n) is 1.70. The second kappa shape index (κ2) is 7.30. The van der Waals surface area contributed by atoms with Gasteiger partial charge in [-0.15, -0.1) is 0 Å². The van der Waals surface area contributed by atoms with Crippen LogP contribution in [0.15, 0.2) is 0 Å². The molecule has 0 aliphatic carbocycles. The number of hydrogen-bond donors (Lipinski definition) is 0. The van der Waals surface area contributed by atoms with Gasteiger partial charge in [0.25, 0.3) is 0 Å². The molecule has 0 heterocycles. The molecule has 0 aromatic heterocycles. The number of rotatable bonds is 7. The van der Waals surface area contributed by atoms with E-state index in [0.29, 0.717) is 25.9 Å². The molecule has 0 aromatic rings. The number of nitrogens with zero attached hydrogens (tertiary/aromatic N) is 1. The maximum Gasteiger partial charge on any atom is 0.222 e. The van der Waals surface area contributed by atoms with Crippen LogP contribution in [0.1, 0.15) is 19.8 Å². The second-order valence-corrected chi connectivity index (χ2v) is 3.49. The van der Waals surface area contributed by atoms with Gasteiger partial charge in [0.05, 0.1) is 0 Å². The van der Waals surface area contributed by atoms with Crippen LogP contribution in [0.2, 0.25) is 0 Å². The largest absolute Gasteiger partial charge is 0.303 e. The zero-order valence-corrected chi connectivity index (χ0v) is 9.07. The Kier molecular flexibility index (Phi) is 7.23. The van der Waals surface area contributed by atoms with Gasteiger partial charge in [0, 0.05) is 25.9 Å². The van der Waals surface area contributed by atoms with Gasteiger partial charge < -0.3 is 4.90 Å². The molecule has 0 unspecified atom stereocenters. The van der Waals surface area contributed by atoms with Gasteiger partial charge in [-0.2, -0.15) is 0 Å². The summed E-state index contributed by atoms with van der Waals surface area (Å²) in [6.45, 7) is 3.91. The Hall–Kier alpha value is -0.120. The second-order valence-electron chi connectivity index (χ2n) is 2.64. The Balaban J connectivity index is 3.63. The molecule has 76 valence electrons. The van der Waals surface area contributed by atoms with Crippen molar-refractivity contribution in [3.05, 3.63) is 0 Å². The number of carbonyl (C=O) groups excluding carboxylic acids is 2. The molecule has 0 radical (unpaired) electrons. The fraction of sp³-hybridized carbons (Fsp3) is 0.750. The number of hydrogen-bond acceptors (Lipinski definition) is 3. The molecule has 0 aromatic carbocycles. The van der Waals surface area contributed by atoms with Crippen LogP contribution in [0, 0.1) is 0 Å². The fourth-order valence-electron chi connectivity index (χ4n) is 0.920. The maximum absolute atomic E-state index is 10.4. The van der Waals surface area contributed by atoms with E-state index in [2.05, 4.69) is 0 Å². The molecule has 13 heavy (non-hydrogen) atoms. The van der Waals surface area contributed by atoms with Crippen LogP contribution in [-0.4, -0.2) is 35.0 Å². The lowest BCUT2D eigenvalue weighted by Gasteiger charge is -2.17. The third kappa shape index (κ3) is 8.22. The molecular weight excluding hydrogens is 213 g/mol. The highest BCUT2D eigenvalue weighted by atomic mass is 35.5. The van der Waals surface area contributed by atoms with E-state index < -0.39 is 0 Å². The molecule has 0 bridgehead atoms. The van der Waals surface area contributed by atoms with Crippen molar-refractivity contribution >= 4 is 33.7 Å². The molecule has 0 saturated heterocycles. The molecule has 0 rings (SSSR count). The van der Waals surface area contributed by atoms with E-state index in [1.54, 1.807) is 0 Å². The first-order valence-corrected chi connectivity index (χ1v) is 4.91. The van der Waals surface area contributed by atoms with Crippen molar-refractivity contribution in [2.24, 2.45) is 0 Å².